The molecule has 5 atom stereocenters. The smallest absolute Gasteiger partial charge is 0.330 e. The summed E-state index contributed by atoms with van der Waals surface area (Å²) in [4.78, 5) is 65.9. The minimum atomic E-state index is -1.46. The van der Waals surface area contributed by atoms with Crippen LogP contribution in [0.15, 0.2) is 54.4 Å². The molecule has 2 saturated heterocycles. The Labute approximate surface area is 264 Å². The molecule has 2 aromatic heterocycles. The Balaban J connectivity index is 1.27. The lowest BCUT2D eigenvalue weighted by Gasteiger charge is -2.27. The zero-order valence-electron chi connectivity index (χ0n) is 25.1. The second-order valence-corrected chi connectivity index (χ2v) is 13.2. The molecule has 1 aromatic carbocycles. The van der Waals surface area contributed by atoms with Gasteiger partial charge < -0.3 is 30.3 Å². The van der Waals surface area contributed by atoms with Crippen molar-refractivity contribution >= 4 is 46.2 Å². The third-order valence-electron chi connectivity index (χ3n) is 8.71. The van der Waals surface area contributed by atoms with E-state index >= 15 is 0 Å². The van der Waals surface area contributed by atoms with E-state index in [1.165, 1.54) is 22.3 Å². The highest BCUT2D eigenvalue weighted by Crippen LogP contribution is 2.45. The topological polar surface area (TPSA) is 154 Å². The number of thiophene rings is 1. The van der Waals surface area contributed by atoms with Gasteiger partial charge in [0.2, 0.25) is 17.7 Å². The molecule has 0 radical (unpaired) electrons. The van der Waals surface area contributed by atoms with Crippen LogP contribution in [0.5, 0.6) is 5.88 Å². The zero-order chi connectivity index (χ0) is 31.9. The van der Waals surface area contributed by atoms with E-state index in [1.807, 2.05) is 41.8 Å². The summed E-state index contributed by atoms with van der Waals surface area (Å²) in [6.07, 6.45) is 1.98. The lowest BCUT2D eigenvalue weighted by molar-refractivity contribution is -0.145. The summed E-state index contributed by atoms with van der Waals surface area (Å²) in [7, 11) is 0. The number of carbonyl (C=O) groups excluding carboxylic acids is 3. The number of likely N-dealkylation sites (tertiary alicyclic amines) is 1. The molecule has 3 aromatic rings. The van der Waals surface area contributed by atoms with Crippen LogP contribution in [-0.2, 0) is 14.4 Å². The Morgan fingerprint density at radius 1 is 1.20 bits per heavy atom. The molecule has 45 heavy (non-hydrogen) atoms. The minimum Gasteiger partial charge on any atom is -0.479 e. The monoisotopic (exact) mass is 632 g/mol. The molecule has 0 bridgehead atoms. The van der Waals surface area contributed by atoms with Crippen molar-refractivity contribution in [2.24, 2.45) is 11.8 Å². The predicted molar refractivity (Wildman–Crippen MR) is 168 cm³/mol. The number of rotatable bonds is 11. The van der Waals surface area contributed by atoms with Crippen LogP contribution in [0.25, 0.3) is 21.6 Å². The highest BCUT2D eigenvalue weighted by atomic mass is 32.1. The number of urea groups is 1. The normalized spacial score (nSPS) is 25.8. The fraction of sp³-hybridized carbons (Fsp3) is 0.438. The van der Waals surface area contributed by atoms with Gasteiger partial charge in [-0.25, -0.2) is 19.6 Å². The minimum absolute atomic E-state index is 0.0403. The van der Waals surface area contributed by atoms with Crippen molar-refractivity contribution in [3.05, 3.63) is 54.4 Å². The standard InChI is InChI=1S/C32H36N6O6S/c1-4-19-15-32(19,30(41)42)36-27(39)24-14-20(16-38(24)29(40)23-17-37(31(43)35-23)12-11-18(2)3)44-28-26(25-10-7-13-45-25)33-21-8-5-6-9-22(21)34-28/h4-10,13,18-20,23-24H,1,11-12,14-17H2,2-3H3,(H,35,43)(H,36,39)(H,41,42)/t19-,20-,23+,24+,32-/m1/s1. The number of carboxylic acid groups (broad SMARTS) is 1. The Morgan fingerprint density at radius 3 is 2.60 bits per heavy atom. The largest absolute Gasteiger partial charge is 0.479 e. The van der Waals surface area contributed by atoms with Crippen molar-refractivity contribution < 1.29 is 29.0 Å². The summed E-state index contributed by atoms with van der Waals surface area (Å²) >= 11 is 1.49. The van der Waals surface area contributed by atoms with Crippen LogP contribution in [0.2, 0.25) is 0 Å². The van der Waals surface area contributed by atoms with Gasteiger partial charge in [-0.2, -0.15) is 0 Å². The average Bonchev–Trinajstić information content (AvgIpc) is 3.40. The van der Waals surface area contributed by atoms with E-state index in [1.54, 1.807) is 4.90 Å². The van der Waals surface area contributed by atoms with E-state index in [0.717, 1.165) is 11.3 Å². The SMILES string of the molecule is C=C[C@@H]1C[C@]1(NC(=O)[C@@H]1C[C@@H](Oc2nc3ccccc3nc2-c2cccs2)CN1C(=O)[C@@H]1CN(CCC(C)C)C(=O)N1)C(=O)O. The van der Waals surface area contributed by atoms with E-state index in [2.05, 4.69) is 31.1 Å². The number of benzene rings is 1. The fourth-order valence-electron chi connectivity index (χ4n) is 6.03. The second kappa shape index (κ2) is 12.1. The van der Waals surface area contributed by atoms with Crippen LogP contribution >= 0.6 is 11.3 Å². The summed E-state index contributed by atoms with van der Waals surface area (Å²) in [6.45, 7) is 8.55. The number of para-hydroxylation sites is 2. The Morgan fingerprint density at radius 2 is 1.96 bits per heavy atom. The number of nitrogens with one attached hydrogen (secondary N) is 2. The van der Waals surface area contributed by atoms with Crippen molar-refractivity contribution in [2.45, 2.75) is 56.8 Å². The van der Waals surface area contributed by atoms with Crippen LogP contribution < -0.4 is 15.4 Å². The van der Waals surface area contributed by atoms with E-state index in [4.69, 9.17) is 14.7 Å². The fourth-order valence-corrected chi connectivity index (χ4v) is 6.73. The lowest BCUT2D eigenvalue weighted by atomic mass is 10.1. The maximum atomic E-state index is 13.9. The second-order valence-electron chi connectivity index (χ2n) is 12.3. The Kier molecular flexibility index (Phi) is 8.21. The van der Waals surface area contributed by atoms with Crippen LogP contribution in [0, 0.1) is 11.8 Å². The van der Waals surface area contributed by atoms with Crippen molar-refractivity contribution in [3.63, 3.8) is 0 Å². The molecule has 236 valence electrons. The number of carbonyl (C=O) groups is 4. The molecule has 3 fully saturated rings. The lowest BCUT2D eigenvalue weighted by Crippen LogP contribution is -2.55. The molecule has 3 aliphatic rings. The van der Waals surface area contributed by atoms with E-state index in [0.29, 0.717) is 29.2 Å². The molecule has 4 amide bonds. The van der Waals surface area contributed by atoms with Gasteiger partial charge in [0.05, 0.1) is 29.0 Å². The number of carboxylic acids is 1. The highest BCUT2D eigenvalue weighted by Gasteiger charge is 2.61. The Bertz CT molecular complexity index is 1650. The summed E-state index contributed by atoms with van der Waals surface area (Å²) < 4.78 is 6.43. The molecule has 2 aliphatic heterocycles. The maximum absolute atomic E-state index is 13.9. The van der Waals surface area contributed by atoms with E-state index < -0.39 is 47.4 Å². The number of fused-ring (bicyclic) bond motifs is 1. The quantitative estimate of drug-likeness (QED) is 0.272. The van der Waals surface area contributed by atoms with Crippen molar-refractivity contribution in [3.8, 4) is 16.5 Å². The van der Waals surface area contributed by atoms with Gasteiger partial charge >= 0.3 is 12.0 Å². The molecular formula is C32H36N6O6S. The number of hydrogen-bond donors (Lipinski definition) is 3. The van der Waals surface area contributed by atoms with Crippen molar-refractivity contribution in [1.29, 1.82) is 0 Å². The molecule has 12 nitrogen and oxygen atoms in total. The van der Waals surface area contributed by atoms with Crippen molar-refractivity contribution in [1.82, 2.24) is 30.4 Å². The van der Waals surface area contributed by atoms with Gasteiger partial charge in [0.25, 0.3) is 0 Å². The number of hydrogen-bond acceptors (Lipinski definition) is 8. The van der Waals surface area contributed by atoms with Crippen LogP contribution in [0.4, 0.5) is 4.79 Å². The highest BCUT2D eigenvalue weighted by molar-refractivity contribution is 7.13. The summed E-state index contributed by atoms with van der Waals surface area (Å²) in [5.74, 6) is -1.92. The molecule has 3 N–H and O–H groups in total. The van der Waals surface area contributed by atoms with Gasteiger partial charge in [0.1, 0.15) is 29.4 Å². The molecule has 13 heteroatoms. The third-order valence-corrected chi connectivity index (χ3v) is 9.59. The van der Waals surface area contributed by atoms with Gasteiger partial charge in [0, 0.05) is 18.9 Å². The first-order valence-electron chi connectivity index (χ1n) is 15.1. The number of nitrogens with zero attached hydrogens (tertiary/aromatic N) is 4. The summed E-state index contributed by atoms with van der Waals surface area (Å²) in [5.41, 5.74) is 0.427. The Hall–Kier alpha value is -4.52. The molecule has 6 rings (SSSR count). The molecular weight excluding hydrogens is 596 g/mol. The summed E-state index contributed by atoms with van der Waals surface area (Å²) in [6, 6.07) is 9.06. The number of amides is 4. The molecule has 1 saturated carbocycles. The van der Waals surface area contributed by atoms with Gasteiger partial charge in [-0.3, -0.25) is 9.59 Å². The maximum Gasteiger partial charge on any atom is 0.330 e. The first-order chi connectivity index (χ1) is 21.6. The predicted octanol–water partition coefficient (Wildman–Crippen LogP) is 3.29. The van der Waals surface area contributed by atoms with Crippen LogP contribution in [-0.4, -0.2) is 92.0 Å². The number of ether oxygens (including phenoxy) is 1. The molecule has 0 unspecified atom stereocenters. The number of aromatic nitrogens is 2. The van der Waals surface area contributed by atoms with Gasteiger partial charge in [0.15, 0.2) is 0 Å². The van der Waals surface area contributed by atoms with Gasteiger partial charge in [-0.15, -0.1) is 17.9 Å². The first-order valence-corrected chi connectivity index (χ1v) is 16.0. The zero-order valence-corrected chi connectivity index (χ0v) is 26.0. The van der Waals surface area contributed by atoms with Crippen molar-refractivity contribution in [2.75, 3.05) is 19.6 Å². The molecule has 1 aliphatic carbocycles. The van der Waals surface area contributed by atoms with Gasteiger partial charge in [-0.05, 0) is 42.3 Å². The number of aliphatic carboxylic acids is 1. The van der Waals surface area contributed by atoms with Crippen LogP contribution in [0.1, 0.15) is 33.1 Å². The first kappa shape index (κ1) is 30.5. The van der Waals surface area contributed by atoms with E-state index in [-0.39, 0.29) is 37.8 Å². The molecule has 4 heterocycles. The van der Waals surface area contributed by atoms with Gasteiger partial charge in [-0.1, -0.05) is 38.1 Å². The third kappa shape index (κ3) is 5.96. The summed E-state index contributed by atoms with van der Waals surface area (Å²) in [5, 5.41) is 17.3. The van der Waals surface area contributed by atoms with Crippen LogP contribution in [0.3, 0.4) is 0 Å². The average molecular weight is 633 g/mol. The van der Waals surface area contributed by atoms with E-state index in [9.17, 15) is 24.3 Å². The molecule has 0 spiro atoms.